The van der Waals surface area contributed by atoms with Crippen molar-refractivity contribution < 1.29 is 15.0 Å². The van der Waals surface area contributed by atoms with Gasteiger partial charge >= 0.3 is 0 Å². The van der Waals surface area contributed by atoms with Crippen molar-refractivity contribution in [2.45, 2.75) is 19.1 Å². The third-order valence-corrected chi connectivity index (χ3v) is 3.69. The van der Waals surface area contributed by atoms with E-state index < -0.39 is 12.2 Å². The predicted octanol–water partition coefficient (Wildman–Crippen LogP) is 0.819. The first kappa shape index (κ1) is 13.9. The maximum Gasteiger partial charge on any atom is 0.185 e. The number of fused-ring (bicyclic) bond motifs is 1. The van der Waals surface area contributed by atoms with Crippen LogP contribution in [0.3, 0.4) is 0 Å². The van der Waals surface area contributed by atoms with Gasteiger partial charge in [0.1, 0.15) is 6.10 Å². The Bertz CT molecular complexity index is 599. The van der Waals surface area contributed by atoms with Gasteiger partial charge in [0, 0.05) is 18.1 Å². The number of carbonyl (C=O) groups excluding carboxylic acids is 1. The number of hydrogen-bond donors (Lipinski definition) is 4. The first-order valence-corrected chi connectivity index (χ1v) is 6.70. The third-order valence-electron chi connectivity index (χ3n) is 2.78. The highest BCUT2D eigenvalue weighted by Gasteiger charge is 2.19. The number of rotatable bonds is 4. The second-order valence-corrected chi connectivity index (χ2v) is 5.43. The van der Waals surface area contributed by atoms with Crippen molar-refractivity contribution in [2.24, 2.45) is 0 Å². The Morgan fingerprint density at radius 3 is 2.95 bits per heavy atom. The number of nitrogens with one attached hydrogen (secondary N) is 1. The van der Waals surface area contributed by atoms with Gasteiger partial charge in [-0.25, -0.2) is 0 Å². The van der Waals surface area contributed by atoms with E-state index in [9.17, 15) is 15.0 Å². The first-order chi connectivity index (χ1) is 8.99. The molecule has 19 heavy (non-hydrogen) atoms. The fourth-order valence-corrected chi connectivity index (χ4v) is 2.35. The molecule has 1 aromatic carbocycles. The van der Waals surface area contributed by atoms with Crippen LogP contribution in [0.25, 0.3) is 10.9 Å². The van der Waals surface area contributed by atoms with Crippen LogP contribution in [-0.2, 0) is 4.79 Å². The van der Waals surface area contributed by atoms with Gasteiger partial charge in [0.2, 0.25) is 0 Å². The number of H-pyrrole nitrogens is 1. The SMILES string of the molecule is CC(=O)SCC(O)C(O)c1ccc2c(N)n[nH]c2c1. The molecule has 0 spiro atoms. The molecule has 0 bridgehead atoms. The maximum absolute atomic E-state index is 10.8. The zero-order valence-corrected chi connectivity index (χ0v) is 11.1. The number of nitrogens with two attached hydrogens (primary N) is 1. The molecule has 0 fully saturated rings. The molecule has 0 amide bonds. The molecule has 5 N–H and O–H groups in total. The van der Waals surface area contributed by atoms with Gasteiger partial charge in [-0.05, 0) is 17.7 Å². The molecule has 2 atom stereocenters. The standard InChI is InChI=1S/C12H15N3O3S/c1-6(16)19-5-10(17)11(18)7-2-3-8-9(4-7)14-15-12(8)13/h2-4,10-11,17-18H,5H2,1H3,(H3,13,14,15). The topological polar surface area (TPSA) is 112 Å². The second kappa shape index (κ2) is 5.60. The van der Waals surface area contributed by atoms with E-state index in [-0.39, 0.29) is 10.9 Å². The number of benzene rings is 1. The minimum atomic E-state index is -1.05. The number of aromatic amines is 1. The maximum atomic E-state index is 10.8. The summed E-state index contributed by atoms with van der Waals surface area (Å²) in [6.07, 6.45) is -2.06. The molecule has 6 nitrogen and oxygen atoms in total. The second-order valence-electron chi connectivity index (χ2n) is 4.23. The molecule has 1 heterocycles. The zero-order chi connectivity index (χ0) is 14.0. The average molecular weight is 281 g/mol. The molecular weight excluding hydrogens is 266 g/mol. The van der Waals surface area contributed by atoms with E-state index in [1.165, 1.54) is 6.92 Å². The summed E-state index contributed by atoms with van der Waals surface area (Å²) in [7, 11) is 0. The number of aliphatic hydroxyl groups excluding tert-OH is 2. The fraction of sp³-hybridized carbons (Fsp3) is 0.333. The quantitative estimate of drug-likeness (QED) is 0.660. The van der Waals surface area contributed by atoms with E-state index >= 15 is 0 Å². The average Bonchev–Trinajstić information content (AvgIpc) is 2.76. The number of nitrogens with zero attached hydrogens (tertiary/aromatic N) is 1. The van der Waals surface area contributed by atoms with Gasteiger partial charge in [0.25, 0.3) is 0 Å². The molecular formula is C12H15N3O3S. The van der Waals surface area contributed by atoms with Crippen molar-refractivity contribution in [2.75, 3.05) is 11.5 Å². The summed E-state index contributed by atoms with van der Waals surface area (Å²) < 4.78 is 0. The number of carbonyl (C=O) groups is 1. The van der Waals surface area contributed by atoms with Crippen LogP contribution >= 0.6 is 11.8 Å². The van der Waals surface area contributed by atoms with Crippen LogP contribution < -0.4 is 5.73 Å². The zero-order valence-electron chi connectivity index (χ0n) is 10.3. The van der Waals surface area contributed by atoms with Crippen LogP contribution in [0, 0.1) is 0 Å². The summed E-state index contributed by atoms with van der Waals surface area (Å²) in [6.45, 7) is 1.42. The summed E-state index contributed by atoms with van der Waals surface area (Å²) in [5.41, 5.74) is 6.89. The normalized spacial score (nSPS) is 14.5. The lowest BCUT2D eigenvalue weighted by molar-refractivity contribution is -0.109. The van der Waals surface area contributed by atoms with E-state index in [2.05, 4.69) is 10.2 Å². The lowest BCUT2D eigenvalue weighted by Crippen LogP contribution is -2.21. The van der Waals surface area contributed by atoms with Crippen LogP contribution in [0.1, 0.15) is 18.6 Å². The van der Waals surface area contributed by atoms with Crippen LogP contribution in [0.15, 0.2) is 18.2 Å². The van der Waals surface area contributed by atoms with Crippen molar-refractivity contribution in [3.05, 3.63) is 23.8 Å². The van der Waals surface area contributed by atoms with E-state index in [1.54, 1.807) is 18.2 Å². The van der Waals surface area contributed by atoms with Gasteiger partial charge in [0.05, 0.1) is 11.6 Å². The largest absolute Gasteiger partial charge is 0.389 e. The smallest absolute Gasteiger partial charge is 0.185 e. The van der Waals surface area contributed by atoms with E-state index in [0.717, 1.165) is 17.1 Å². The Morgan fingerprint density at radius 2 is 2.26 bits per heavy atom. The highest BCUT2D eigenvalue weighted by atomic mass is 32.2. The van der Waals surface area contributed by atoms with Crippen LogP contribution in [-0.4, -0.2) is 37.4 Å². The van der Waals surface area contributed by atoms with E-state index in [0.29, 0.717) is 16.9 Å². The number of nitrogen functional groups attached to an aromatic ring is 1. The molecule has 1 aromatic heterocycles. The number of anilines is 1. The highest BCUT2D eigenvalue weighted by molar-refractivity contribution is 8.13. The molecule has 0 aliphatic rings. The summed E-state index contributed by atoms with van der Waals surface area (Å²) in [5, 5.41) is 27.1. The molecule has 2 rings (SSSR count). The number of thioether (sulfide) groups is 1. The Balaban J connectivity index is 2.16. The van der Waals surface area contributed by atoms with Crippen molar-refractivity contribution >= 4 is 33.6 Å². The van der Waals surface area contributed by atoms with Gasteiger partial charge < -0.3 is 15.9 Å². The Morgan fingerprint density at radius 1 is 1.53 bits per heavy atom. The molecule has 2 unspecified atom stereocenters. The van der Waals surface area contributed by atoms with Crippen molar-refractivity contribution in [3.8, 4) is 0 Å². The molecule has 0 aliphatic carbocycles. The molecule has 102 valence electrons. The Kier molecular flexibility index (Phi) is 4.08. The molecule has 0 saturated carbocycles. The van der Waals surface area contributed by atoms with Gasteiger partial charge in [-0.2, -0.15) is 5.10 Å². The monoisotopic (exact) mass is 281 g/mol. The van der Waals surface area contributed by atoms with Crippen LogP contribution in [0.5, 0.6) is 0 Å². The summed E-state index contributed by atoms with van der Waals surface area (Å²) >= 11 is 0.981. The van der Waals surface area contributed by atoms with Crippen molar-refractivity contribution in [1.29, 1.82) is 0 Å². The Labute approximate surface area is 114 Å². The summed E-state index contributed by atoms with van der Waals surface area (Å²) in [4.78, 5) is 10.8. The molecule has 0 saturated heterocycles. The predicted molar refractivity (Wildman–Crippen MR) is 74.6 cm³/mol. The first-order valence-electron chi connectivity index (χ1n) is 5.72. The highest BCUT2D eigenvalue weighted by Crippen LogP contribution is 2.25. The lowest BCUT2D eigenvalue weighted by Gasteiger charge is -2.17. The Hall–Kier alpha value is -1.57. The number of aromatic nitrogens is 2. The number of hydrogen-bond acceptors (Lipinski definition) is 6. The minimum absolute atomic E-state index is 0.0944. The lowest BCUT2D eigenvalue weighted by atomic mass is 10.0. The van der Waals surface area contributed by atoms with E-state index in [4.69, 9.17) is 5.73 Å². The van der Waals surface area contributed by atoms with E-state index in [1.807, 2.05) is 0 Å². The van der Waals surface area contributed by atoms with Gasteiger partial charge in [-0.3, -0.25) is 9.89 Å². The molecule has 7 heteroatoms. The summed E-state index contributed by atoms with van der Waals surface area (Å²) in [5.74, 6) is 0.545. The molecule has 2 aromatic rings. The molecule has 0 aliphatic heterocycles. The van der Waals surface area contributed by atoms with Gasteiger partial charge in [-0.1, -0.05) is 17.8 Å². The third kappa shape index (κ3) is 3.06. The van der Waals surface area contributed by atoms with Crippen molar-refractivity contribution in [1.82, 2.24) is 10.2 Å². The molecule has 0 radical (unpaired) electrons. The number of aliphatic hydroxyl groups is 2. The van der Waals surface area contributed by atoms with Gasteiger partial charge in [-0.15, -0.1) is 0 Å². The minimum Gasteiger partial charge on any atom is -0.389 e. The van der Waals surface area contributed by atoms with Crippen molar-refractivity contribution in [3.63, 3.8) is 0 Å². The summed E-state index contributed by atoms with van der Waals surface area (Å²) in [6, 6.07) is 5.10. The fourth-order valence-electron chi connectivity index (χ4n) is 1.76. The van der Waals surface area contributed by atoms with Crippen LogP contribution in [0.4, 0.5) is 5.82 Å². The van der Waals surface area contributed by atoms with Gasteiger partial charge in [0.15, 0.2) is 10.9 Å². The van der Waals surface area contributed by atoms with Crippen LogP contribution in [0.2, 0.25) is 0 Å².